The van der Waals surface area contributed by atoms with Gasteiger partial charge in [0, 0.05) is 24.1 Å². The van der Waals surface area contributed by atoms with Crippen molar-refractivity contribution in [2.75, 3.05) is 6.61 Å². The molecule has 0 spiro atoms. The van der Waals surface area contributed by atoms with E-state index in [0.717, 1.165) is 16.7 Å². The van der Waals surface area contributed by atoms with Crippen LogP contribution in [0.15, 0.2) is 54.6 Å². The normalized spacial score (nSPS) is 20.7. The van der Waals surface area contributed by atoms with Gasteiger partial charge in [0.25, 0.3) is 5.91 Å². The lowest BCUT2D eigenvalue weighted by molar-refractivity contribution is 0.0454. The van der Waals surface area contributed by atoms with Crippen LogP contribution in [-0.4, -0.2) is 28.6 Å². The van der Waals surface area contributed by atoms with Gasteiger partial charge in [-0.1, -0.05) is 62.4 Å². The summed E-state index contributed by atoms with van der Waals surface area (Å²) in [6.45, 7) is 4.87. The summed E-state index contributed by atoms with van der Waals surface area (Å²) < 4.78 is 0. The van der Waals surface area contributed by atoms with Crippen molar-refractivity contribution in [2.45, 2.75) is 32.4 Å². The summed E-state index contributed by atoms with van der Waals surface area (Å²) in [5.74, 6) is 0.300. The van der Waals surface area contributed by atoms with Crippen molar-refractivity contribution in [3.63, 3.8) is 0 Å². The van der Waals surface area contributed by atoms with Crippen LogP contribution in [0, 0.1) is 5.92 Å². The van der Waals surface area contributed by atoms with E-state index in [4.69, 9.17) is 0 Å². The highest BCUT2D eigenvalue weighted by atomic mass is 16.3. The quantitative estimate of drug-likeness (QED) is 0.940. The fraction of sp³-hybridized carbons (Fsp3) is 0.350. The van der Waals surface area contributed by atoms with Gasteiger partial charge in [0.2, 0.25) is 0 Å². The van der Waals surface area contributed by atoms with E-state index in [0.29, 0.717) is 6.54 Å². The van der Waals surface area contributed by atoms with Gasteiger partial charge in [-0.15, -0.1) is 0 Å². The largest absolute Gasteiger partial charge is 0.396 e. The smallest absolute Gasteiger partial charge is 0.254 e. The molecule has 23 heavy (non-hydrogen) atoms. The van der Waals surface area contributed by atoms with Gasteiger partial charge in [-0.2, -0.15) is 0 Å². The zero-order valence-corrected chi connectivity index (χ0v) is 13.6. The highest BCUT2D eigenvalue weighted by molar-refractivity contribution is 5.97. The van der Waals surface area contributed by atoms with Gasteiger partial charge in [0.05, 0.1) is 6.61 Å². The zero-order valence-electron chi connectivity index (χ0n) is 13.6. The monoisotopic (exact) mass is 309 g/mol. The average molecular weight is 309 g/mol. The van der Waals surface area contributed by atoms with E-state index in [2.05, 4.69) is 13.8 Å². The molecule has 0 unspecified atom stereocenters. The summed E-state index contributed by atoms with van der Waals surface area (Å²) in [7, 11) is 0. The minimum atomic E-state index is -0.0346. The van der Waals surface area contributed by atoms with E-state index in [1.54, 1.807) is 0 Å². The first-order chi connectivity index (χ1) is 11.1. The molecule has 3 nitrogen and oxygen atoms in total. The molecule has 0 radical (unpaired) electrons. The highest BCUT2D eigenvalue weighted by Crippen LogP contribution is 2.37. The molecule has 1 N–H and O–H groups in total. The van der Waals surface area contributed by atoms with Crippen LogP contribution in [0.5, 0.6) is 0 Å². The molecule has 2 atom stereocenters. The molecule has 0 saturated carbocycles. The Labute approximate surface area is 137 Å². The molecule has 0 aliphatic carbocycles. The maximum Gasteiger partial charge on any atom is 0.254 e. The number of aliphatic hydroxyl groups is 1. The van der Waals surface area contributed by atoms with Gasteiger partial charge < -0.3 is 10.0 Å². The molecule has 1 amide bonds. The van der Waals surface area contributed by atoms with Gasteiger partial charge in [-0.25, -0.2) is 0 Å². The number of hydrogen-bond acceptors (Lipinski definition) is 2. The van der Waals surface area contributed by atoms with Crippen LogP contribution in [-0.2, 0) is 6.54 Å². The first-order valence-electron chi connectivity index (χ1n) is 8.18. The Hall–Kier alpha value is -2.13. The van der Waals surface area contributed by atoms with Crippen LogP contribution in [0.25, 0.3) is 0 Å². The fourth-order valence-electron chi connectivity index (χ4n) is 3.69. The number of amides is 1. The Kier molecular flexibility index (Phi) is 4.49. The van der Waals surface area contributed by atoms with Crippen molar-refractivity contribution < 1.29 is 9.90 Å². The maximum atomic E-state index is 13.0. The third kappa shape index (κ3) is 2.89. The molecule has 0 fully saturated rings. The standard InChI is InChI=1S/C20H23NO2/c1-14(2)19-18(13-22)16-10-6-7-11-17(16)20(23)21(19)12-15-8-4-3-5-9-15/h3-11,14,18-19,22H,12-13H2,1-2H3/t18-,19+/m1/s1. The Balaban J connectivity index is 2.04. The second kappa shape index (κ2) is 6.55. The van der Waals surface area contributed by atoms with E-state index in [9.17, 15) is 9.90 Å². The molecule has 1 heterocycles. The summed E-state index contributed by atoms with van der Waals surface area (Å²) in [6.07, 6.45) is 0. The zero-order chi connectivity index (χ0) is 16.4. The van der Waals surface area contributed by atoms with Crippen LogP contribution >= 0.6 is 0 Å². The first-order valence-corrected chi connectivity index (χ1v) is 8.18. The molecule has 120 valence electrons. The van der Waals surface area contributed by atoms with Crippen molar-refractivity contribution in [3.8, 4) is 0 Å². The topological polar surface area (TPSA) is 40.5 Å². The van der Waals surface area contributed by atoms with Crippen LogP contribution in [0.3, 0.4) is 0 Å². The van der Waals surface area contributed by atoms with Crippen molar-refractivity contribution in [1.82, 2.24) is 4.90 Å². The minimum Gasteiger partial charge on any atom is -0.396 e. The average Bonchev–Trinajstić information content (AvgIpc) is 2.57. The molecule has 3 heteroatoms. The number of hydrogen-bond donors (Lipinski definition) is 1. The molecule has 1 aliphatic heterocycles. The van der Waals surface area contributed by atoms with Crippen LogP contribution in [0.1, 0.15) is 41.3 Å². The summed E-state index contributed by atoms with van der Waals surface area (Å²) >= 11 is 0. The van der Waals surface area contributed by atoms with Crippen molar-refractivity contribution >= 4 is 5.91 Å². The van der Waals surface area contributed by atoms with E-state index in [-0.39, 0.29) is 30.4 Å². The molecular weight excluding hydrogens is 286 g/mol. The molecule has 0 aromatic heterocycles. The molecule has 3 rings (SSSR count). The van der Waals surface area contributed by atoms with Crippen molar-refractivity contribution in [2.24, 2.45) is 5.92 Å². The number of nitrogens with zero attached hydrogens (tertiary/aromatic N) is 1. The van der Waals surface area contributed by atoms with Crippen LogP contribution in [0.2, 0.25) is 0 Å². The third-order valence-electron chi connectivity index (χ3n) is 4.70. The van der Waals surface area contributed by atoms with E-state index in [1.165, 1.54) is 0 Å². The number of fused-ring (bicyclic) bond motifs is 1. The molecular formula is C20H23NO2. The van der Waals surface area contributed by atoms with E-state index >= 15 is 0 Å². The van der Waals surface area contributed by atoms with Gasteiger partial charge in [-0.3, -0.25) is 4.79 Å². The number of carbonyl (C=O) groups is 1. The van der Waals surface area contributed by atoms with Crippen LogP contribution in [0.4, 0.5) is 0 Å². The lowest BCUT2D eigenvalue weighted by Gasteiger charge is -2.44. The van der Waals surface area contributed by atoms with Gasteiger partial charge >= 0.3 is 0 Å². The molecule has 0 saturated heterocycles. The van der Waals surface area contributed by atoms with Gasteiger partial charge in [0.15, 0.2) is 0 Å². The predicted octanol–water partition coefficient (Wildman–Crippen LogP) is 3.44. The van der Waals surface area contributed by atoms with E-state index in [1.807, 2.05) is 59.5 Å². The second-order valence-corrected chi connectivity index (χ2v) is 6.53. The Bertz CT molecular complexity index is 681. The molecule has 2 aromatic carbocycles. The van der Waals surface area contributed by atoms with Crippen molar-refractivity contribution in [3.05, 3.63) is 71.3 Å². The third-order valence-corrected chi connectivity index (χ3v) is 4.70. The summed E-state index contributed by atoms with van der Waals surface area (Å²) in [5.41, 5.74) is 2.81. The van der Waals surface area contributed by atoms with Crippen LogP contribution < -0.4 is 0 Å². The Morgan fingerprint density at radius 1 is 1.04 bits per heavy atom. The number of carbonyl (C=O) groups excluding carboxylic acids is 1. The Morgan fingerprint density at radius 2 is 1.70 bits per heavy atom. The van der Waals surface area contributed by atoms with Crippen molar-refractivity contribution in [1.29, 1.82) is 0 Å². The maximum absolute atomic E-state index is 13.0. The molecule has 2 aromatic rings. The first kappa shape index (κ1) is 15.8. The van der Waals surface area contributed by atoms with Gasteiger partial charge in [0.1, 0.15) is 0 Å². The SMILES string of the molecule is CC(C)[C@H]1[C@H](CO)c2ccccc2C(=O)N1Cc1ccccc1. The second-order valence-electron chi connectivity index (χ2n) is 6.53. The lowest BCUT2D eigenvalue weighted by atomic mass is 9.78. The Morgan fingerprint density at radius 3 is 2.35 bits per heavy atom. The van der Waals surface area contributed by atoms with Gasteiger partial charge in [-0.05, 0) is 23.1 Å². The number of aliphatic hydroxyl groups excluding tert-OH is 1. The minimum absolute atomic E-state index is 0.00241. The number of rotatable bonds is 4. The highest BCUT2D eigenvalue weighted by Gasteiger charge is 2.40. The fourth-order valence-corrected chi connectivity index (χ4v) is 3.69. The summed E-state index contributed by atoms with van der Waals surface area (Å²) in [5, 5.41) is 9.99. The summed E-state index contributed by atoms with van der Waals surface area (Å²) in [6, 6.07) is 17.7. The number of benzene rings is 2. The molecule has 1 aliphatic rings. The van der Waals surface area contributed by atoms with E-state index < -0.39 is 0 Å². The lowest BCUT2D eigenvalue weighted by Crippen LogP contribution is -2.51. The summed E-state index contributed by atoms with van der Waals surface area (Å²) in [4.78, 5) is 15.0. The molecule has 0 bridgehead atoms. The predicted molar refractivity (Wildman–Crippen MR) is 91.2 cm³/mol.